The van der Waals surface area contributed by atoms with Crippen LogP contribution in [-0.2, 0) is 11.2 Å². The number of hydrogen-bond acceptors (Lipinski definition) is 4. The molecule has 2 rings (SSSR count). The summed E-state index contributed by atoms with van der Waals surface area (Å²) in [6, 6.07) is 8.21. The Bertz CT molecular complexity index is 610. The van der Waals surface area contributed by atoms with Crippen LogP contribution < -0.4 is 5.32 Å². The van der Waals surface area contributed by atoms with E-state index < -0.39 is 17.9 Å². The van der Waals surface area contributed by atoms with Gasteiger partial charge in [0.05, 0.1) is 5.01 Å². The predicted molar refractivity (Wildman–Crippen MR) is 75.9 cm³/mol. The summed E-state index contributed by atoms with van der Waals surface area (Å²) in [4.78, 5) is 27.2. The van der Waals surface area contributed by atoms with Gasteiger partial charge in [0.25, 0.3) is 5.91 Å². The molecule has 1 amide bonds. The van der Waals surface area contributed by atoms with Crippen LogP contribution in [0, 0.1) is 6.92 Å². The average molecular weight is 290 g/mol. The number of amides is 1. The summed E-state index contributed by atoms with van der Waals surface area (Å²) in [5.41, 5.74) is 1.11. The molecule has 2 aromatic rings. The molecular weight excluding hydrogens is 276 g/mol. The van der Waals surface area contributed by atoms with Crippen LogP contribution in [0.25, 0.3) is 0 Å². The fraction of sp³-hybridized carbons (Fsp3) is 0.214. The van der Waals surface area contributed by atoms with Crippen molar-refractivity contribution >= 4 is 23.2 Å². The minimum absolute atomic E-state index is 0.241. The van der Waals surface area contributed by atoms with Gasteiger partial charge in [0.15, 0.2) is 0 Å². The Hall–Kier alpha value is -2.21. The van der Waals surface area contributed by atoms with Crippen molar-refractivity contribution in [2.75, 3.05) is 0 Å². The minimum Gasteiger partial charge on any atom is -0.480 e. The maximum atomic E-state index is 11.9. The molecule has 0 aliphatic carbocycles. The highest BCUT2D eigenvalue weighted by atomic mass is 32.1. The number of aryl methyl sites for hydroxylation is 1. The van der Waals surface area contributed by atoms with E-state index in [1.54, 1.807) is 12.3 Å². The Morgan fingerprint density at radius 1 is 1.35 bits per heavy atom. The number of carboxylic acids is 1. The minimum atomic E-state index is -1.06. The molecule has 0 saturated heterocycles. The number of aromatic nitrogens is 1. The maximum absolute atomic E-state index is 11.9. The molecule has 0 fully saturated rings. The van der Waals surface area contributed by atoms with Gasteiger partial charge in [-0.2, -0.15) is 0 Å². The van der Waals surface area contributed by atoms with E-state index in [9.17, 15) is 14.7 Å². The first-order valence-electron chi connectivity index (χ1n) is 6.06. The van der Waals surface area contributed by atoms with Crippen LogP contribution in [0.1, 0.15) is 21.1 Å². The van der Waals surface area contributed by atoms with E-state index >= 15 is 0 Å². The molecule has 5 nitrogen and oxygen atoms in total. The number of nitrogens with zero attached hydrogens (tertiary/aromatic N) is 1. The molecule has 0 bridgehead atoms. The lowest BCUT2D eigenvalue weighted by molar-refractivity contribution is -0.139. The second-order valence-corrected chi connectivity index (χ2v) is 5.37. The van der Waals surface area contributed by atoms with Crippen LogP contribution in [0.15, 0.2) is 35.7 Å². The Balaban J connectivity index is 2.06. The molecule has 104 valence electrons. The molecule has 0 saturated carbocycles. The van der Waals surface area contributed by atoms with E-state index in [-0.39, 0.29) is 12.1 Å². The van der Waals surface area contributed by atoms with Gasteiger partial charge in [-0.05, 0) is 12.5 Å². The van der Waals surface area contributed by atoms with Crippen molar-refractivity contribution in [3.8, 4) is 0 Å². The molecule has 1 aromatic heterocycles. The van der Waals surface area contributed by atoms with Crippen LogP contribution >= 0.6 is 11.3 Å². The van der Waals surface area contributed by atoms with Crippen molar-refractivity contribution < 1.29 is 14.7 Å². The number of carbonyl (C=O) groups excluding carboxylic acids is 1. The third-order valence-electron chi connectivity index (χ3n) is 2.74. The van der Waals surface area contributed by atoms with Gasteiger partial charge in [-0.25, -0.2) is 9.78 Å². The number of aliphatic carboxylic acids is 1. The largest absolute Gasteiger partial charge is 0.480 e. The number of carboxylic acid groups (broad SMARTS) is 1. The van der Waals surface area contributed by atoms with Crippen molar-refractivity contribution in [1.29, 1.82) is 0 Å². The Kier molecular flexibility index (Phi) is 4.47. The number of nitrogens with one attached hydrogen (secondary N) is 1. The normalized spacial score (nSPS) is 11.8. The van der Waals surface area contributed by atoms with Crippen LogP contribution in [0.5, 0.6) is 0 Å². The van der Waals surface area contributed by atoms with Crippen molar-refractivity contribution in [3.05, 3.63) is 52.0 Å². The van der Waals surface area contributed by atoms with Crippen molar-refractivity contribution in [3.63, 3.8) is 0 Å². The summed E-state index contributed by atoms with van der Waals surface area (Å²) in [5.74, 6) is -1.52. The first kappa shape index (κ1) is 14.2. The van der Waals surface area contributed by atoms with Gasteiger partial charge in [-0.3, -0.25) is 4.79 Å². The molecule has 1 atom stereocenters. The molecule has 6 heteroatoms. The van der Waals surface area contributed by atoms with Crippen LogP contribution in [0.2, 0.25) is 0 Å². The van der Waals surface area contributed by atoms with E-state index in [1.165, 1.54) is 11.3 Å². The first-order chi connectivity index (χ1) is 9.56. The summed E-state index contributed by atoms with van der Waals surface area (Å²) >= 11 is 1.35. The fourth-order valence-corrected chi connectivity index (χ4v) is 2.34. The van der Waals surface area contributed by atoms with E-state index in [1.807, 2.05) is 30.3 Å². The molecule has 20 heavy (non-hydrogen) atoms. The third kappa shape index (κ3) is 3.64. The van der Waals surface area contributed by atoms with Gasteiger partial charge in [-0.1, -0.05) is 30.3 Å². The molecule has 1 heterocycles. The molecule has 0 spiro atoms. The summed E-state index contributed by atoms with van der Waals surface area (Å²) in [5, 5.41) is 14.1. The van der Waals surface area contributed by atoms with Crippen LogP contribution in [0.3, 0.4) is 0 Å². The summed E-state index contributed by atoms with van der Waals surface area (Å²) in [6.07, 6.45) is 0.241. The third-order valence-corrected chi connectivity index (χ3v) is 3.51. The quantitative estimate of drug-likeness (QED) is 0.881. The highest BCUT2D eigenvalue weighted by Crippen LogP contribution is 2.09. The topological polar surface area (TPSA) is 79.3 Å². The van der Waals surface area contributed by atoms with Gasteiger partial charge in [0, 0.05) is 11.8 Å². The lowest BCUT2D eigenvalue weighted by Crippen LogP contribution is -2.42. The summed E-state index contributed by atoms with van der Waals surface area (Å²) < 4.78 is 0. The Labute approximate surface area is 120 Å². The number of rotatable bonds is 5. The lowest BCUT2D eigenvalue weighted by atomic mass is 10.1. The summed E-state index contributed by atoms with van der Waals surface area (Å²) in [6.45, 7) is 1.79. The van der Waals surface area contributed by atoms with E-state index in [0.717, 1.165) is 10.6 Å². The second kappa shape index (κ2) is 6.29. The summed E-state index contributed by atoms with van der Waals surface area (Å²) in [7, 11) is 0. The average Bonchev–Trinajstić information content (AvgIpc) is 2.86. The van der Waals surface area contributed by atoms with E-state index in [2.05, 4.69) is 10.3 Å². The molecule has 0 aliphatic rings. The van der Waals surface area contributed by atoms with Crippen molar-refractivity contribution in [2.45, 2.75) is 19.4 Å². The Morgan fingerprint density at radius 3 is 2.60 bits per heavy atom. The zero-order valence-corrected chi connectivity index (χ0v) is 11.7. The Morgan fingerprint density at radius 2 is 2.05 bits per heavy atom. The molecule has 2 N–H and O–H groups in total. The smallest absolute Gasteiger partial charge is 0.326 e. The van der Waals surface area contributed by atoms with Crippen molar-refractivity contribution in [1.82, 2.24) is 10.3 Å². The zero-order valence-electron chi connectivity index (χ0n) is 10.9. The number of carbonyl (C=O) groups is 2. The van der Waals surface area contributed by atoms with Gasteiger partial charge in [0.1, 0.15) is 11.7 Å². The van der Waals surface area contributed by atoms with E-state index in [4.69, 9.17) is 0 Å². The zero-order chi connectivity index (χ0) is 14.5. The maximum Gasteiger partial charge on any atom is 0.326 e. The number of hydrogen-bond donors (Lipinski definition) is 2. The highest BCUT2D eigenvalue weighted by molar-refractivity contribution is 7.09. The predicted octanol–water partition coefficient (Wildman–Crippen LogP) is 1.88. The standard InChI is InChI=1S/C14H14N2O3S/c1-9-15-12(8-20-9)13(17)16-11(14(18)19)7-10-5-3-2-4-6-10/h2-6,8,11H,7H2,1H3,(H,16,17)(H,18,19)/t11-/m0/s1. The lowest BCUT2D eigenvalue weighted by Gasteiger charge is -2.13. The molecule has 0 unspecified atom stereocenters. The second-order valence-electron chi connectivity index (χ2n) is 4.31. The van der Waals surface area contributed by atoms with Crippen LogP contribution in [-0.4, -0.2) is 28.0 Å². The molecule has 0 aliphatic heterocycles. The van der Waals surface area contributed by atoms with Crippen molar-refractivity contribution in [2.24, 2.45) is 0 Å². The van der Waals surface area contributed by atoms with Gasteiger partial charge < -0.3 is 10.4 Å². The number of thiazole rings is 1. The highest BCUT2D eigenvalue weighted by Gasteiger charge is 2.22. The monoisotopic (exact) mass is 290 g/mol. The molecule has 1 aromatic carbocycles. The van der Waals surface area contributed by atoms with Gasteiger partial charge >= 0.3 is 5.97 Å². The number of benzene rings is 1. The van der Waals surface area contributed by atoms with Gasteiger partial charge in [-0.15, -0.1) is 11.3 Å². The SMILES string of the molecule is Cc1nc(C(=O)N[C@@H](Cc2ccccc2)C(=O)O)cs1. The van der Waals surface area contributed by atoms with Gasteiger partial charge in [0.2, 0.25) is 0 Å². The first-order valence-corrected chi connectivity index (χ1v) is 6.94. The van der Waals surface area contributed by atoms with Crippen LogP contribution in [0.4, 0.5) is 0 Å². The van der Waals surface area contributed by atoms with E-state index in [0.29, 0.717) is 0 Å². The molecule has 0 radical (unpaired) electrons. The molecular formula is C14H14N2O3S. The fourth-order valence-electron chi connectivity index (χ4n) is 1.75.